The average Bonchev–Trinajstić information content (AvgIpc) is 3.23. The maximum atomic E-state index is 12.6. The number of ether oxygens (including phenoxy) is 6. The zero-order valence-corrected chi connectivity index (χ0v) is 19.8. The summed E-state index contributed by atoms with van der Waals surface area (Å²) in [5, 5.41) is 0. The van der Waals surface area contributed by atoms with Crippen LogP contribution in [-0.4, -0.2) is 54.6 Å². The molecule has 0 aromatic heterocycles. The Morgan fingerprint density at radius 1 is 0.781 bits per heavy atom. The van der Waals surface area contributed by atoms with Crippen LogP contribution in [0.3, 0.4) is 0 Å². The van der Waals surface area contributed by atoms with Gasteiger partial charge in [-0.2, -0.15) is 0 Å². The molecule has 2 saturated carbocycles. The van der Waals surface area contributed by atoms with Gasteiger partial charge in [0.15, 0.2) is 0 Å². The minimum atomic E-state index is -1.41. The molecule has 2 N–H and O–H groups in total. The van der Waals surface area contributed by atoms with E-state index in [1.807, 2.05) is 0 Å². The van der Waals surface area contributed by atoms with Gasteiger partial charge in [-0.25, -0.2) is 14.4 Å². The standard InChI is InChI=1S/C20H31NO10.ClH/c1-9(2)26-18(24)30-11(5)28-16(22)14-13-7-8-20(21,15(13)14)17(23)29-12(6)31-19(25)27-10(3)4;/h9-15H,7-8,21H2,1-6H3;1H/t11?,12?,13-,14-,15-,20-;/m0./s1. The van der Waals surface area contributed by atoms with Gasteiger partial charge in [0, 0.05) is 19.8 Å². The molecule has 11 nitrogen and oxygen atoms in total. The van der Waals surface area contributed by atoms with Crippen molar-refractivity contribution in [2.45, 2.75) is 84.7 Å². The van der Waals surface area contributed by atoms with Gasteiger partial charge < -0.3 is 34.2 Å². The second kappa shape index (κ2) is 11.0. The van der Waals surface area contributed by atoms with E-state index >= 15 is 0 Å². The van der Waals surface area contributed by atoms with Crippen molar-refractivity contribution in [2.75, 3.05) is 0 Å². The first-order valence-electron chi connectivity index (χ1n) is 10.3. The molecule has 0 radical (unpaired) electrons. The lowest BCUT2D eigenvalue weighted by Gasteiger charge is -2.27. The molecule has 0 saturated heterocycles. The molecule has 2 rings (SSSR count). The molecular weight excluding hydrogens is 450 g/mol. The molecule has 2 unspecified atom stereocenters. The number of carbonyl (C=O) groups excluding carboxylic acids is 4. The van der Waals surface area contributed by atoms with Crippen LogP contribution in [0.5, 0.6) is 0 Å². The Hall–Kier alpha value is -2.27. The van der Waals surface area contributed by atoms with Crippen molar-refractivity contribution < 1.29 is 47.6 Å². The van der Waals surface area contributed by atoms with Crippen molar-refractivity contribution in [3.8, 4) is 0 Å². The molecule has 0 amide bonds. The van der Waals surface area contributed by atoms with Gasteiger partial charge in [-0.05, 0) is 46.5 Å². The van der Waals surface area contributed by atoms with Gasteiger partial charge in [0.1, 0.15) is 5.54 Å². The first-order chi connectivity index (χ1) is 14.3. The van der Waals surface area contributed by atoms with Crippen LogP contribution in [0.25, 0.3) is 0 Å². The summed E-state index contributed by atoms with van der Waals surface area (Å²) in [5.74, 6) is -2.61. The summed E-state index contributed by atoms with van der Waals surface area (Å²) in [7, 11) is 0. The van der Waals surface area contributed by atoms with Gasteiger partial charge in [-0.15, -0.1) is 12.4 Å². The zero-order valence-electron chi connectivity index (χ0n) is 19.0. The molecule has 2 aliphatic rings. The molecule has 0 aromatic rings. The third-order valence-electron chi connectivity index (χ3n) is 5.05. The summed E-state index contributed by atoms with van der Waals surface area (Å²) in [6, 6.07) is 0. The van der Waals surface area contributed by atoms with Gasteiger partial charge in [0.2, 0.25) is 12.6 Å². The molecule has 2 aliphatic carbocycles. The van der Waals surface area contributed by atoms with Crippen LogP contribution in [0.15, 0.2) is 0 Å². The molecular formula is C20H32ClNO10. The summed E-state index contributed by atoms with van der Waals surface area (Å²) in [4.78, 5) is 48.1. The van der Waals surface area contributed by atoms with Crippen LogP contribution in [-0.2, 0) is 38.0 Å². The first kappa shape index (κ1) is 27.8. The van der Waals surface area contributed by atoms with Gasteiger partial charge in [-0.1, -0.05) is 0 Å². The Morgan fingerprint density at radius 2 is 1.25 bits per heavy atom. The monoisotopic (exact) mass is 481 g/mol. The third kappa shape index (κ3) is 6.86. The van der Waals surface area contributed by atoms with Crippen molar-refractivity contribution in [1.29, 1.82) is 0 Å². The fourth-order valence-electron chi connectivity index (χ4n) is 3.83. The SMILES string of the molecule is CC(C)OC(=O)OC(C)OC(=O)[C@H]1[C@@H]2CC[C@@](N)(C(=O)OC(C)OC(=O)OC(C)C)[C@@H]21.Cl. The Balaban J connectivity index is 0.00000512. The molecule has 2 fully saturated rings. The second-order valence-electron chi connectivity index (χ2n) is 8.34. The van der Waals surface area contributed by atoms with Crippen molar-refractivity contribution in [3.05, 3.63) is 0 Å². The number of hydrogen-bond donors (Lipinski definition) is 1. The third-order valence-corrected chi connectivity index (χ3v) is 5.05. The lowest BCUT2D eigenvalue weighted by molar-refractivity contribution is -0.176. The lowest BCUT2D eigenvalue weighted by atomic mass is 9.91. The van der Waals surface area contributed by atoms with E-state index in [2.05, 4.69) is 0 Å². The highest BCUT2D eigenvalue weighted by Crippen LogP contribution is 2.62. The molecule has 32 heavy (non-hydrogen) atoms. The Labute approximate surface area is 192 Å². The van der Waals surface area contributed by atoms with Gasteiger partial charge in [0.05, 0.1) is 18.1 Å². The summed E-state index contributed by atoms with van der Waals surface area (Å²) < 4.78 is 29.7. The van der Waals surface area contributed by atoms with Crippen molar-refractivity contribution >= 4 is 36.7 Å². The number of halogens is 1. The molecule has 0 aromatic carbocycles. The van der Waals surface area contributed by atoms with E-state index in [1.165, 1.54) is 13.8 Å². The molecule has 6 atom stereocenters. The van der Waals surface area contributed by atoms with Crippen LogP contribution >= 0.6 is 12.4 Å². The highest BCUT2D eigenvalue weighted by molar-refractivity contribution is 5.87. The van der Waals surface area contributed by atoms with Crippen molar-refractivity contribution in [1.82, 2.24) is 0 Å². The predicted molar refractivity (Wildman–Crippen MR) is 110 cm³/mol. The number of carbonyl (C=O) groups is 4. The van der Waals surface area contributed by atoms with Crippen LogP contribution < -0.4 is 5.73 Å². The zero-order chi connectivity index (χ0) is 23.5. The van der Waals surface area contributed by atoms with E-state index in [-0.39, 0.29) is 30.5 Å². The molecule has 12 heteroatoms. The van der Waals surface area contributed by atoms with E-state index in [4.69, 9.17) is 34.2 Å². The van der Waals surface area contributed by atoms with Crippen molar-refractivity contribution in [2.24, 2.45) is 23.5 Å². The normalized spacial score (nSPS) is 27.3. The Bertz CT molecular complexity index is 714. The lowest BCUT2D eigenvalue weighted by Crippen LogP contribution is -2.51. The molecule has 184 valence electrons. The minimum Gasteiger partial charge on any atom is -0.431 e. The largest absolute Gasteiger partial charge is 0.511 e. The molecule has 0 bridgehead atoms. The summed E-state index contributed by atoms with van der Waals surface area (Å²) >= 11 is 0. The smallest absolute Gasteiger partial charge is 0.431 e. The number of esters is 2. The highest BCUT2D eigenvalue weighted by Gasteiger charge is 2.71. The van der Waals surface area contributed by atoms with E-state index in [0.717, 1.165) is 0 Å². The van der Waals surface area contributed by atoms with Crippen molar-refractivity contribution in [3.63, 3.8) is 0 Å². The van der Waals surface area contributed by atoms with Crippen LogP contribution in [0.4, 0.5) is 9.59 Å². The average molecular weight is 482 g/mol. The van der Waals surface area contributed by atoms with Gasteiger partial charge >= 0.3 is 24.2 Å². The maximum Gasteiger partial charge on any atom is 0.511 e. The Morgan fingerprint density at radius 3 is 1.72 bits per heavy atom. The number of rotatable bonds is 8. The topological polar surface area (TPSA) is 150 Å². The molecule has 0 spiro atoms. The fourth-order valence-corrected chi connectivity index (χ4v) is 3.83. The summed E-state index contributed by atoms with van der Waals surface area (Å²) in [6.45, 7) is 9.36. The number of nitrogens with two attached hydrogens (primary N) is 1. The summed E-state index contributed by atoms with van der Waals surface area (Å²) in [6.07, 6.45) is -4.19. The molecule has 0 aliphatic heterocycles. The molecule has 0 heterocycles. The minimum absolute atomic E-state index is 0. The van der Waals surface area contributed by atoms with Gasteiger partial charge in [0.25, 0.3) is 0 Å². The van der Waals surface area contributed by atoms with E-state index in [0.29, 0.717) is 12.8 Å². The maximum absolute atomic E-state index is 12.6. The Kier molecular flexibility index (Phi) is 9.58. The van der Waals surface area contributed by atoms with E-state index in [1.54, 1.807) is 27.7 Å². The summed E-state index contributed by atoms with van der Waals surface area (Å²) in [5.41, 5.74) is 4.87. The van der Waals surface area contributed by atoms with E-state index in [9.17, 15) is 19.2 Å². The highest BCUT2D eigenvalue weighted by atomic mass is 35.5. The quantitative estimate of drug-likeness (QED) is 0.309. The first-order valence-corrected chi connectivity index (χ1v) is 10.3. The van der Waals surface area contributed by atoms with E-state index < -0.39 is 54.2 Å². The fraction of sp³-hybridized carbons (Fsp3) is 0.800. The predicted octanol–water partition coefficient (Wildman–Crippen LogP) is 2.66. The number of fused-ring (bicyclic) bond motifs is 1. The number of hydrogen-bond acceptors (Lipinski definition) is 11. The van der Waals surface area contributed by atoms with Crippen LogP contribution in [0.2, 0.25) is 0 Å². The second-order valence-corrected chi connectivity index (χ2v) is 8.34. The van der Waals surface area contributed by atoms with Crippen LogP contribution in [0.1, 0.15) is 54.4 Å². The van der Waals surface area contributed by atoms with Gasteiger partial charge in [-0.3, -0.25) is 4.79 Å². The van der Waals surface area contributed by atoms with Crippen LogP contribution in [0, 0.1) is 17.8 Å².